The molecule has 116 valence electrons. The fourth-order valence-electron chi connectivity index (χ4n) is 2.04. The van der Waals surface area contributed by atoms with Crippen LogP contribution in [0.2, 0.25) is 10.0 Å². The first kappa shape index (κ1) is 16.3. The zero-order valence-electron chi connectivity index (χ0n) is 11.5. The van der Waals surface area contributed by atoms with E-state index in [1.165, 1.54) is 22.7 Å². The number of phenols is 1. The fraction of sp³-hybridized carbons (Fsp3) is 0. The third-order valence-corrected chi connectivity index (χ3v) is 5.00. The molecule has 0 unspecified atom stereocenters. The molecule has 0 saturated carbocycles. The summed E-state index contributed by atoms with van der Waals surface area (Å²) in [6.07, 6.45) is 1.69. The Morgan fingerprint density at radius 3 is 2.48 bits per heavy atom. The summed E-state index contributed by atoms with van der Waals surface area (Å²) >= 11 is 18.3. The molecule has 0 bridgehead atoms. The van der Waals surface area contributed by atoms with Gasteiger partial charge in [-0.2, -0.15) is 0 Å². The van der Waals surface area contributed by atoms with Crippen molar-refractivity contribution >= 4 is 69.2 Å². The fourth-order valence-corrected chi connectivity index (χ4v) is 3.66. The molecule has 1 heterocycles. The molecule has 0 atom stereocenters. The average molecular weight is 382 g/mol. The van der Waals surface area contributed by atoms with Crippen molar-refractivity contribution in [1.82, 2.24) is 0 Å². The summed E-state index contributed by atoms with van der Waals surface area (Å²) in [5, 5.41) is 10.3. The molecule has 1 saturated heterocycles. The third kappa shape index (κ3) is 3.38. The van der Waals surface area contributed by atoms with Crippen molar-refractivity contribution in [3.8, 4) is 5.75 Å². The smallest absolute Gasteiger partial charge is 0.270 e. The molecule has 2 aromatic carbocycles. The standard InChI is InChI=1S/C16H9Cl2NO2S2/c17-10-2-4-11(5-3-10)19-15(21)14(23-16(19)22)8-9-1-6-13(20)12(18)7-9/h1-8,20H/b14-8-. The summed E-state index contributed by atoms with van der Waals surface area (Å²) in [5.41, 5.74) is 1.38. The Bertz CT molecular complexity index is 834. The van der Waals surface area contributed by atoms with Gasteiger partial charge in [-0.25, -0.2) is 0 Å². The number of thiocarbonyl (C=S) groups is 1. The number of anilines is 1. The quantitative estimate of drug-likeness (QED) is 0.579. The van der Waals surface area contributed by atoms with Crippen LogP contribution in [0.25, 0.3) is 6.08 Å². The number of halogens is 2. The highest BCUT2D eigenvalue weighted by atomic mass is 35.5. The topological polar surface area (TPSA) is 40.5 Å². The molecule has 0 aromatic heterocycles. The van der Waals surface area contributed by atoms with Crippen LogP contribution in [0.4, 0.5) is 5.69 Å². The number of phenolic OH excluding ortho intramolecular Hbond substituents is 1. The first-order valence-electron chi connectivity index (χ1n) is 6.48. The lowest BCUT2D eigenvalue weighted by Crippen LogP contribution is -2.27. The molecule has 1 aliphatic rings. The summed E-state index contributed by atoms with van der Waals surface area (Å²) in [5.74, 6) is -0.205. The van der Waals surface area contributed by atoms with E-state index in [2.05, 4.69) is 0 Å². The molecule has 3 rings (SSSR count). The number of rotatable bonds is 2. The molecule has 1 N–H and O–H groups in total. The number of carbonyl (C=O) groups is 1. The minimum atomic E-state index is -0.202. The molecule has 23 heavy (non-hydrogen) atoms. The van der Waals surface area contributed by atoms with Crippen LogP contribution in [0.1, 0.15) is 5.56 Å². The lowest BCUT2D eigenvalue weighted by molar-refractivity contribution is -0.113. The van der Waals surface area contributed by atoms with Gasteiger partial charge in [0.1, 0.15) is 5.75 Å². The van der Waals surface area contributed by atoms with E-state index in [1.54, 1.807) is 42.5 Å². The normalized spacial score (nSPS) is 16.4. The Hall–Kier alpha value is -1.53. The Labute approximate surface area is 152 Å². The molecular formula is C16H9Cl2NO2S2. The van der Waals surface area contributed by atoms with E-state index in [-0.39, 0.29) is 16.7 Å². The van der Waals surface area contributed by atoms with Gasteiger partial charge < -0.3 is 5.11 Å². The van der Waals surface area contributed by atoms with Crippen LogP contribution in [0.5, 0.6) is 5.75 Å². The van der Waals surface area contributed by atoms with Crippen LogP contribution < -0.4 is 4.90 Å². The van der Waals surface area contributed by atoms with Crippen molar-refractivity contribution < 1.29 is 9.90 Å². The maximum absolute atomic E-state index is 12.6. The molecule has 1 fully saturated rings. The highest BCUT2D eigenvalue weighted by molar-refractivity contribution is 8.27. The van der Waals surface area contributed by atoms with E-state index in [0.717, 1.165) is 0 Å². The monoisotopic (exact) mass is 381 g/mol. The zero-order valence-corrected chi connectivity index (χ0v) is 14.6. The van der Waals surface area contributed by atoms with Gasteiger partial charge in [0, 0.05) is 5.02 Å². The molecular weight excluding hydrogens is 373 g/mol. The first-order valence-corrected chi connectivity index (χ1v) is 8.46. The van der Waals surface area contributed by atoms with Crippen LogP contribution in [-0.4, -0.2) is 15.3 Å². The molecule has 0 radical (unpaired) electrons. The Balaban J connectivity index is 1.92. The van der Waals surface area contributed by atoms with Gasteiger partial charge in [0.05, 0.1) is 15.6 Å². The zero-order chi connectivity index (χ0) is 16.6. The lowest BCUT2D eigenvalue weighted by Gasteiger charge is -2.14. The molecule has 0 aliphatic carbocycles. The molecule has 7 heteroatoms. The Kier molecular flexibility index (Phi) is 4.64. The number of hydrogen-bond donors (Lipinski definition) is 1. The van der Waals surface area contributed by atoms with Gasteiger partial charge in [-0.15, -0.1) is 0 Å². The summed E-state index contributed by atoms with van der Waals surface area (Å²) in [4.78, 5) is 14.5. The average Bonchev–Trinajstić information content (AvgIpc) is 2.79. The van der Waals surface area contributed by atoms with Crippen molar-refractivity contribution in [3.63, 3.8) is 0 Å². The molecule has 2 aromatic rings. The van der Waals surface area contributed by atoms with Crippen molar-refractivity contribution in [1.29, 1.82) is 0 Å². The predicted molar refractivity (Wildman–Crippen MR) is 100 cm³/mol. The number of carbonyl (C=O) groups excluding carboxylic acids is 1. The second kappa shape index (κ2) is 6.53. The van der Waals surface area contributed by atoms with E-state index in [1.807, 2.05) is 0 Å². The Morgan fingerprint density at radius 2 is 1.83 bits per heavy atom. The molecule has 0 spiro atoms. The van der Waals surface area contributed by atoms with Gasteiger partial charge in [-0.05, 0) is 48.0 Å². The first-order chi connectivity index (χ1) is 11.0. The minimum Gasteiger partial charge on any atom is -0.506 e. The molecule has 1 aliphatic heterocycles. The number of amides is 1. The van der Waals surface area contributed by atoms with E-state index in [4.69, 9.17) is 35.4 Å². The van der Waals surface area contributed by atoms with Crippen LogP contribution in [0.15, 0.2) is 47.4 Å². The van der Waals surface area contributed by atoms with Crippen LogP contribution in [-0.2, 0) is 4.79 Å². The summed E-state index contributed by atoms with van der Waals surface area (Å²) in [7, 11) is 0. The maximum atomic E-state index is 12.6. The Morgan fingerprint density at radius 1 is 1.13 bits per heavy atom. The van der Waals surface area contributed by atoms with Gasteiger partial charge >= 0.3 is 0 Å². The van der Waals surface area contributed by atoms with E-state index in [0.29, 0.717) is 25.5 Å². The van der Waals surface area contributed by atoms with Crippen molar-refractivity contribution in [2.24, 2.45) is 0 Å². The van der Waals surface area contributed by atoms with Gasteiger partial charge in [0.15, 0.2) is 4.32 Å². The second-order valence-electron chi connectivity index (χ2n) is 4.70. The number of hydrogen-bond acceptors (Lipinski definition) is 4. The molecule has 1 amide bonds. The third-order valence-electron chi connectivity index (χ3n) is 3.15. The van der Waals surface area contributed by atoms with E-state index >= 15 is 0 Å². The van der Waals surface area contributed by atoms with Gasteiger partial charge in [0.25, 0.3) is 5.91 Å². The van der Waals surface area contributed by atoms with Crippen LogP contribution in [0, 0.1) is 0 Å². The summed E-state index contributed by atoms with van der Waals surface area (Å²) in [6.45, 7) is 0. The van der Waals surface area contributed by atoms with Crippen molar-refractivity contribution in [2.45, 2.75) is 0 Å². The van der Waals surface area contributed by atoms with Crippen LogP contribution >= 0.6 is 47.2 Å². The minimum absolute atomic E-state index is 0.00229. The second-order valence-corrected chi connectivity index (χ2v) is 7.22. The van der Waals surface area contributed by atoms with Crippen LogP contribution in [0.3, 0.4) is 0 Å². The summed E-state index contributed by atoms with van der Waals surface area (Å²) < 4.78 is 0.452. The van der Waals surface area contributed by atoms with Gasteiger partial charge in [0.2, 0.25) is 0 Å². The lowest BCUT2D eigenvalue weighted by atomic mass is 10.2. The predicted octanol–water partition coefficient (Wildman–Crippen LogP) is 5.10. The maximum Gasteiger partial charge on any atom is 0.270 e. The SMILES string of the molecule is O=C1/C(=C/c2ccc(O)c(Cl)c2)SC(=S)N1c1ccc(Cl)cc1. The van der Waals surface area contributed by atoms with E-state index < -0.39 is 0 Å². The number of nitrogens with zero attached hydrogens (tertiary/aromatic N) is 1. The largest absolute Gasteiger partial charge is 0.506 e. The highest BCUT2D eigenvalue weighted by Gasteiger charge is 2.33. The van der Waals surface area contributed by atoms with Crippen molar-refractivity contribution in [2.75, 3.05) is 4.90 Å². The molecule has 3 nitrogen and oxygen atoms in total. The highest BCUT2D eigenvalue weighted by Crippen LogP contribution is 2.37. The summed E-state index contributed by atoms with van der Waals surface area (Å²) in [6, 6.07) is 11.6. The number of benzene rings is 2. The number of aromatic hydroxyl groups is 1. The number of thioether (sulfide) groups is 1. The van der Waals surface area contributed by atoms with Gasteiger partial charge in [-0.1, -0.05) is 53.2 Å². The van der Waals surface area contributed by atoms with Gasteiger partial charge in [-0.3, -0.25) is 9.69 Å². The van der Waals surface area contributed by atoms with Crippen molar-refractivity contribution in [3.05, 3.63) is 63.0 Å². The van der Waals surface area contributed by atoms with E-state index in [9.17, 15) is 9.90 Å².